The summed E-state index contributed by atoms with van der Waals surface area (Å²) in [5, 5.41) is 3.22. The maximum atomic E-state index is 12.1. The second kappa shape index (κ2) is 5.95. The van der Waals surface area contributed by atoms with E-state index in [1.807, 2.05) is 20.8 Å². The zero-order chi connectivity index (χ0) is 13.1. The molecule has 17 heavy (non-hydrogen) atoms. The van der Waals surface area contributed by atoms with Crippen LogP contribution >= 0.6 is 11.3 Å². The van der Waals surface area contributed by atoms with Crippen LogP contribution in [-0.4, -0.2) is 32.9 Å². The first-order chi connectivity index (χ1) is 7.93. The highest BCUT2D eigenvalue weighted by Crippen LogP contribution is 2.27. The van der Waals surface area contributed by atoms with Crippen LogP contribution < -0.4 is 5.32 Å². The fourth-order valence-electron chi connectivity index (χ4n) is 1.35. The molecule has 1 aromatic heterocycles. The second-order valence-corrected chi connectivity index (χ2v) is 7.28. The summed E-state index contributed by atoms with van der Waals surface area (Å²) in [5.74, 6) is 0. The molecule has 0 spiro atoms. The van der Waals surface area contributed by atoms with E-state index in [2.05, 4.69) is 5.32 Å². The number of aryl methyl sites for hydroxylation is 1. The molecule has 0 saturated heterocycles. The highest BCUT2D eigenvalue weighted by molar-refractivity contribution is 7.91. The van der Waals surface area contributed by atoms with Crippen molar-refractivity contribution in [3.63, 3.8) is 0 Å². The Morgan fingerprint density at radius 2 is 2.06 bits per heavy atom. The van der Waals surface area contributed by atoms with Crippen molar-refractivity contribution in [1.29, 1.82) is 0 Å². The number of rotatable bonds is 6. The summed E-state index contributed by atoms with van der Waals surface area (Å²) in [6, 6.07) is 1.76. The van der Waals surface area contributed by atoms with E-state index in [1.54, 1.807) is 13.1 Å². The minimum Gasteiger partial charge on any atom is -0.312 e. The van der Waals surface area contributed by atoms with Gasteiger partial charge < -0.3 is 5.32 Å². The zero-order valence-electron chi connectivity index (χ0n) is 10.8. The van der Waals surface area contributed by atoms with Crippen LogP contribution in [0.4, 0.5) is 0 Å². The van der Waals surface area contributed by atoms with Gasteiger partial charge >= 0.3 is 0 Å². The SMILES string of the molecule is CCNCc1sc(S(=O)(=O)N(C)CC)cc1C. The van der Waals surface area contributed by atoms with Crippen LogP contribution in [0, 0.1) is 6.92 Å². The molecule has 0 atom stereocenters. The van der Waals surface area contributed by atoms with E-state index in [9.17, 15) is 8.42 Å². The molecule has 98 valence electrons. The topological polar surface area (TPSA) is 49.4 Å². The largest absolute Gasteiger partial charge is 0.312 e. The van der Waals surface area contributed by atoms with E-state index in [4.69, 9.17) is 0 Å². The van der Waals surface area contributed by atoms with E-state index in [-0.39, 0.29) is 0 Å². The molecule has 1 rings (SSSR count). The molecule has 0 aliphatic carbocycles. The predicted octanol–water partition coefficient (Wildman–Crippen LogP) is 1.81. The highest BCUT2D eigenvalue weighted by atomic mass is 32.2. The van der Waals surface area contributed by atoms with Gasteiger partial charge in [-0.1, -0.05) is 13.8 Å². The maximum Gasteiger partial charge on any atom is 0.252 e. The lowest BCUT2D eigenvalue weighted by molar-refractivity contribution is 0.488. The van der Waals surface area contributed by atoms with Crippen molar-refractivity contribution in [1.82, 2.24) is 9.62 Å². The summed E-state index contributed by atoms with van der Waals surface area (Å²) in [5.41, 5.74) is 1.04. The van der Waals surface area contributed by atoms with Gasteiger partial charge in [0.05, 0.1) is 0 Å². The molecule has 0 saturated carbocycles. The third-order valence-electron chi connectivity index (χ3n) is 2.64. The van der Waals surface area contributed by atoms with Crippen LogP contribution in [-0.2, 0) is 16.6 Å². The average Bonchev–Trinajstić information content (AvgIpc) is 2.67. The van der Waals surface area contributed by atoms with Gasteiger partial charge in [-0.15, -0.1) is 11.3 Å². The summed E-state index contributed by atoms with van der Waals surface area (Å²) in [7, 11) is -1.69. The fourth-order valence-corrected chi connectivity index (χ4v) is 4.30. The molecule has 1 N–H and O–H groups in total. The van der Waals surface area contributed by atoms with Gasteiger partial charge in [-0.2, -0.15) is 0 Å². The number of hydrogen-bond acceptors (Lipinski definition) is 4. The van der Waals surface area contributed by atoms with Crippen LogP contribution in [0.1, 0.15) is 24.3 Å². The number of hydrogen-bond donors (Lipinski definition) is 1. The third-order valence-corrected chi connectivity index (χ3v) is 6.26. The van der Waals surface area contributed by atoms with Gasteiger partial charge in [0.25, 0.3) is 10.0 Å². The van der Waals surface area contributed by atoms with Gasteiger partial charge in [0, 0.05) is 25.0 Å². The molecule has 0 aromatic carbocycles. The van der Waals surface area contributed by atoms with Crippen molar-refractivity contribution in [2.75, 3.05) is 20.1 Å². The lowest BCUT2D eigenvalue weighted by Gasteiger charge is -2.12. The molecule has 4 nitrogen and oxygen atoms in total. The Labute approximate surface area is 108 Å². The van der Waals surface area contributed by atoms with E-state index in [0.717, 1.165) is 23.5 Å². The number of thiophene rings is 1. The molecule has 0 amide bonds. The monoisotopic (exact) mass is 276 g/mol. The molecule has 0 bridgehead atoms. The van der Waals surface area contributed by atoms with Crippen LogP contribution in [0.3, 0.4) is 0 Å². The molecule has 0 radical (unpaired) electrons. The number of nitrogens with zero attached hydrogens (tertiary/aromatic N) is 1. The van der Waals surface area contributed by atoms with Gasteiger partial charge in [0.2, 0.25) is 0 Å². The van der Waals surface area contributed by atoms with Crippen molar-refractivity contribution in [2.24, 2.45) is 0 Å². The van der Waals surface area contributed by atoms with Crippen LogP contribution in [0.25, 0.3) is 0 Å². The van der Waals surface area contributed by atoms with Crippen molar-refractivity contribution >= 4 is 21.4 Å². The first-order valence-electron chi connectivity index (χ1n) is 5.69. The molecule has 0 fully saturated rings. The molecule has 6 heteroatoms. The van der Waals surface area contributed by atoms with Gasteiger partial charge in [-0.3, -0.25) is 0 Å². The molecule has 0 aliphatic rings. The van der Waals surface area contributed by atoms with Gasteiger partial charge in [0.1, 0.15) is 4.21 Å². The Morgan fingerprint density at radius 1 is 1.41 bits per heavy atom. The van der Waals surface area contributed by atoms with Crippen molar-refractivity contribution in [3.8, 4) is 0 Å². The Morgan fingerprint density at radius 3 is 2.59 bits per heavy atom. The van der Waals surface area contributed by atoms with Crippen LogP contribution in [0.2, 0.25) is 0 Å². The standard InChI is InChI=1S/C11H20N2O2S2/c1-5-12-8-10-9(3)7-11(16-10)17(14,15)13(4)6-2/h7,12H,5-6,8H2,1-4H3. The smallest absolute Gasteiger partial charge is 0.252 e. The van der Waals surface area contributed by atoms with Gasteiger partial charge in [-0.25, -0.2) is 12.7 Å². The van der Waals surface area contributed by atoms with Gasteiger partial charge in [0.15, 0.2) is 0 Å². The van der Waals surface area contributed by atoms with Crippen LogP contribution in [0.15, 0.2) is 10.3 Å². The average molecular weight is 276 g/mol. The summed E-state index contributed by atoms with van der Waals surface area (Å²) in [4.78, 5) is 1.09. The number of sulfonamides is 1. The van der Waals surface area contributed by atoms with Crippen molar-refractivity contribution < 1.29 is 8.42 Å². The molecule has 1 aromatic rings. The Bertz CT molecular complexity index is 466. The lowest BCUT2D eigenvalue weighted by Crippen LogP contribution is -2.25. The van der Waals surface area contributed by atoms with E-state index in [0.29, 0.717) is 10.8 Å². The Hall–Kier alpha value is -0.430. The molecule has 0 unspecified atom stereocenters. The maximum absolute atomic E-state index is 12.1. The number of nitrogens with one attached hydrogen (secondary N) is 1. The summed E-state index contributed by atoms with van der Waals surface area (Å²) in [6.45, 7) is 7.92. The highest BCUT2D eigenvalue weighted by Gasteiger charge is 2.22. The molecule has 1 heterocycles. The van der Waals surface area contributed by atoms with E-state index in [1.165, 1.54) is 15.6 Å². The Kier molecular flexibility index (Phi) is 5.12. The third kappa shape index (κ3) is 3.28. The van der Waals surface area contributed by atoms with Crippen LogP contribution in [0.5, 0.6) is 0 Å². The first-order valence-corrected chi connectivity index (χ1v) is 7.95. The van der Waals surface area contributed by atoms with E-state index < -0.39 is 10.0 Å². The summed E-state index contributed by atoms with van der Waals surface area (Å²) < 4.78 is 26.0. The molecular formula is C11H20N2O2S2. The zero-order valence-corrected chi connectivity index (χ0v) is 12.4. The van der Waals surface area contributed by atoms with Crippen molar-refractivity contribution in [2.45, 2.75) is 31.5 Å². The fraction of sp³-hybridized carbons (Fsp3) is 0.636. The second-order valence-electron chi connectivity index (χ2n) is 3.87. The van der Waals surface area contributed by atoms with Crippen molar-refractivity contribution in [3.05, 3.63) is 16.5 Å². The minimum absolute atomic E-state index is 0.437. The van der Waals surface area contributed by atoms with E-state index >= 15 is 0 Å². The van der Waals surface area contributed by atoms with Gasteiger partial charge in [-0.05, 0) is 25.1 Å². The normalized spacial score (nSPS) is 12.3. The molecule has 0 aliphatic heterocycles. The predicted molar refractivity (Wildman–Crippen MR) is 71.9 cm³/mol. The Balaban J connectivity index is 3.01. The molecular weight excluding hydrogens is 256 g/mol. The summed E-state index contributed by atoms with van der Waals surface area (Å²) >= 11 is 1.36. The summed E-state index contributed by atoms with van der Waals surface area (Å²) in [6.07, 6.45) is 0. The first kappa shape index (κ1) is 14.6. The lowest BCUT2D eigenvalue weighted by atomic mass is 10.3. The quantitative estimate of drug-likeness (QED) is 0.862. The minimum atomic E-state index is -3.29.